The Bertz CT molecular complexity index is 759. The molecule has 2 aliphatic heterocycles. The molecule has 0 saturated carbocycles. The minimum Gasteiger partial charge on any atom is -0.341 e. The summed E-state index contributed by atoms with van der Waals surface area (Å²) in [4.78, 5) is 25.3. The minimum absolute atomic E-state index is 0.0553. The third-order valence-corrected chi connectivity index (χ3v) is 5.11. The van der Waals surface area contributed by atoms with Gasteiger partial charge in [0.1, 0.15) is 5.82 Å². The molecule has 0 N–H and O–H groups in total. The van der Waals surface area contributed by atoms with E-state index in [1.807, 2.05) is 6.07 Å². The number of piperidine rings is 1. The monoisotopic (exact) mass is 340 g/mol. The van der Waals surface area contributed by atoms with Gasteiger partial charge in [0.25, 0.3) is 0 Å². The van der Waals surface area contributed by atoms with Crippen molar-refractivity contribution in [3.05, 3.63) is 48.0 Å². The Hall–Kier alpha value is -2.50. The SMILES string of the molecule is O=C(C1CCN(c2ncccn2)CC1)N1CCCc2cccc(F)c21. The lowest BCUT2D eigenvalue weighted by Crippen LogP contribution is -2.45. The van der Waals surface area contributed by atoms with Gasteiger partial charge in [-0.15, -0.1) is 0 Å². The summed E-state index contributed by atoms with van der Waals surface area (Å²) in [5, 5.41) is 0. The second-order valence-electron chi connectivity index (χ2n) is 6.65. The van der Waals surface area contributed by atoms with Crippen molar-refractivity contribution >= 4 is 17.5 Å². The molecule has 2 aliphatic rings. The van der Waals surface area contributed by atoms with E-state index in [-0.39, 0.29) is 17.6 Å². The predicted octanol–water partition coefficient (Wildman–Crippen LogP) is 2.81. The first-order valence-electron chi connectivity index (χ1n) is 8.85. The van der Waals surface area contributed by atoms with E-state index in [1.165, 1.54) is 6.07 Å². The van der Waals surface area contributed by atoms with Crippen LogP contribution in [0.2, 0.25) is 0 Å². The van der Waals surface area contributed by atoms with Crippen LogP contribution in [0.15, 0.2) is 36.7 Å². The number of anilines is 2. The summed E-state index contributed by atoms with van der Waals surface area (Å²) in [6.45, 7) is 2.10. The molecule has 0 unspecified atom stereocenters. The first-order chi connectivity index (χ1) is 12.2. The van der Waals surface area contributed by atoms with Crippen molar-refractivity contribution in [1.82, 2.24) is 9.97 Å². The first kappa shape index (κ1) is 16.0. The Labute approximate surface area is 146 Å². The molecule has 25 heavy (non-hydrogen) atoms. The molecule has 0 spiro atoms. The number of amides is 1. The van der Waals surface area contributed by atoms with Gasteiger partial charge in [0.05, 0.1) is 5.69 Å². The van der Waals surface area contributed by atoms with Crippen LogP contribution in [0.1, 0.15) is 24.8 Å². The smallest absolute Gasteiger partial charge is 0.230 e. The first-order valence-corrected chi connectivity index (χ1v) is 8.85. The summed E-state index contributed by atoms with van der Waals surface area (Å²) in [6, 6.07) is 6.88. The maximum absolute atomic E-state index is 14.3. The maximum Gasteiger partial charge on any atom is 0.230 e. The van der Waals surface area contributed by atoms with Crippen molar-refractivity contribution < 1.29 is 9.18 Å². The van der Waals surface area contributed by atoms with E-state index in [4.69, 9.17) is 0 Å². The molecule has 5 nitrogen and oxygen atoms in total. The van der Waals surface area contributed by atoms with Crippen molar-refractivity contribution in [1.29, 1.82) is 0 Å². The lowest BCUT2D eigenvalue weighted by molar-refractivity contribution is -0.123. The molecular weight excluding hydrogens is 319 g/mol. The van der Waals surface area contributed by atoms with E-state index >= 15 is 0 Å². The number of carbonyl (C=O) groups is 1. The number of rotatable bonds is 2. The second kappa shape index (κ2) is 6.78. The normalized spacial score (nSPS) is 18.1. The lowest BCUT2D eigenvalue weighted by Gasteiger charge is -2.36. The summed E-state index contributed by atoms with van der Waals surface area (Å²) >= 11 is 0. The van der Waals surface area contributed by atoms with Gasteiger partial charge in [-0.3, -0.25) is 4.79 Å². The predicted molar refractivity (Wildman–Crippen MR) is 94.0 cm³/mol. The number of carbonyl (C=O) groups excluding carboxylic acids is 1. The average molecular weight is 340 g/mol. The van der Waals surface area contributed by atoms with Crippen LogP contribution in [0.5, 0.6) is 0 Å². The number of para-hydroxylation sites is 1. The molecule has 0 atom stereocenters. The number of hydrogen-bond acceptors (Lipinski definition) is 4. The Morgan fingerprint density at radius 2 is 1.84 bits per heavy atom. The summed E-state index contributed by atoms with van der Waals surface area (Å²) in [5.41, 5.74) is 1.43. The molecule has 0 aliphatic carbocycles. The van der Waals surface area contributed by atoms with Crippen molar-refractivity contribution in [2.45, 2.75) is 25.7 Å². The van der Waals surface area contributed by atoms with Crippen molar-refractivity contribution in [3.63, 3.8) is 0 Å². The van der Waals surface area contributed by atoms with E-state index in [0.717, 1.165) is 44.3 Å². The summed E-state index contributed by atoms with van der Waals surface area (Å²) in [6.07, 6.45) is 6.67. The molecule has 1 saturated heterocycles. The van der Waals surface area contributed by atoms with Crippen LogP contribution < -0.4 is 9.80 Å². The van der Waals surface area contributed by atoms with Gasteiger partial charge in [-0.2, -0.15) is 0 Å². The zero-order chi connectivity index (χ0) is 17.2. The third-order valence-electron chi connectivity index (χ3n) is 5.11. The van der Waals surface area contributed by atoms with Crippen molar-refractivity contribution in [3.8, 4) is 0 Å². The van der Waals surface area contributed by atoms with Gasteiger partial charge in [0, 0.05) is 37.9 Å². The fourth-order valence-corrected chi connectivity index (χ4v) is 3.83. The van der Waals surface area contributed by atoms with Gasteiger partial charge in [-0.25, -0.2) is 14.4 Å². The number of benzene rings is 1. The Morgan fingerprint density at radius 1 is 1.08 bits per heavy atom. The van der Waals surface area contributed by atoms with Crippen LogP contribution in [-0.2, 0) is 11.2 Å². The molecule has 1 fully saturated rings. The summed E-state index contributed by atoms with van der Waals surface area (Å²) in [5.74, 6) is 0.411. The highest BCUT2D eigenvalue weighted by Crippen LogP contribution is 2.32. The minimum atomic E-state index is -0.291. The standard InChI is InChI=1S/C19H21FN4O/c20-16-6-1-4-14-5-2-11-24(17(14)16)18(25)15-7-12-23(13-8-15)19-21-9-3-10-22-19/h1,3-4,6,9-10,15H,2,5,7-8,11-13H2. The number of hydrogen-bond donors (Lipinski definition) is 0. The quantitative estimate of drug-likeness (QED) is 0.843. The molecular formula is C19H21FN4O. The molecule has 6 heteroatoms. The summed E-state index contributed by atoms with van der Waals surface area (Å²) < 4.78 is 14.3. The maximum atomic E-state index is 14.3. The van der Waals surface area contributed by atoms with Crippen molar-refractivity contribution in [2.24, 2.45) is 5.92 Å². The molecule has 2 aromatic rings. The Morgan fingerprint density at radius 3 is 2.60 bits per heavy atom. The van der Waals surface area contributed by atoms with Gasteiger partial charge in [0.2, 0.25) is 11.9 Å². The van der Waals surface area contributed by atoms with Gasteiger partial charge < -0.3 is 9.80 Å². The molecule has 1 amide bonds. The lowest BCUT2D eigenvalue weighted by atomic mass is 9.93. The molecule has 4 rings (SSSR count). The van der Waals surface area contributed by atoms with E-state index < -0.39 is 0 Å². The van der Waals surface area contributed by atoms with E-state index in [1.54, 1.807) is 29.4 Å². The fraction of sp³-hybridized carbons (Fsp3) is 0.421. The van der Waals surface area contributed by atoms with Crippen LogP contribution in [-0.4, -0.2) is 35.5 Å². The molecule has 1 aromatic carbocycles. The van der Waals surface area contributed by atoms with Crippen LogP contribution >= 0.6 is 0 Å². The van der Waals surface area contributed by atoms with Crippen LogP contribution in [0.25, 0.3) is 0 Å². The van der Waals surface area contributed by atoms with Gasteiger partial charge in [0.15, 0.2) is 0 Å². The van der Waals surface area contributed by atoms with E-state index in [0.29, 0.717) is 18.2 Å². The number of halogens is 1. The average Bonchev–Trinajstić information content (AvgIpc) is 2.68. The van der Waals surface area contributed by atoms with Crippen LogP contribution in [0, 0.1) is 11.7 Å². The molecule has 0 radical (unpaired) electrons. The van der Waals surface area contributed by atoms with E-state index in [2.05, 4.69) is 14.9 Å². The molecule has 0 bridgehead atoms. The second-order valence-corrected chi connectivity index (χ2v) is 6.65. The fourth-order valence-electron chi connectivity index (χ4n) is 3.83. The molecule has 130 valence electrons. The van der Waals surface area contributed by atoms with E-state index in [9.17, 15) is 9.18 Å². The highest BCUT2D eigenvalue weighted by atomic mass is 19.1. The topological polar surface area (TPSA) is 49.3 Å². The number of aryl methyl sites for hydroxylation is 1. The summed E-state index contributed by atoms with van der Waals surface area (Å²) in [7, 11) is 0. The van der Waals surface area contributed by atoms with Crippen LogP contribution in [0.3, 0.4) is 0 Å². The van der Waals surface area contributed by atoms with Gasteiger partial charge in [-0.05, 0) is 43.4 Å². The molecule has 1 aromatic heterocycles. The highest BCUT2D eigenvalue weighted by molar-refractivity contribution is 5.96. The number of nitrogens with zero attached hydrogens (tertiary/aromatic N) is 4. The molecule has 3 heterocycles. The number of fused-ring (bicyclic) bond motifs is 1. The highest BCUT2D eigenvalue weighted by Gasteiger charge is 2.33. The Kier molecular flexibility index (Phi) is 4.34. The third kappa shape index (κ3) is 3.08. The zero-order valence-corrected chi connectivity index (χ0v) is 14.1. The van der Waals surface area contributed by atoms with Gasteiger partial charge >= 0.3 is 0 Å². The van der Waals surface area contributed by atoms with Crippen molar-refractivity contribution in [2.75, 3.05) is 29.4 Å². The largest absolute Gasteiger partial charge is 0.341 e. The van der Waals surface area contributed by atoms with Gasteiger partial charge in [-0.1, -0.05) is 12.1 Å². The Balaban J connectivity index is 1.47. The zero-order valence-electron chi connectivity index (χ0n) is 14.1. The van der Waals surface area contributed by atoms with Crippen LogP contribution in [0.4, 0.5) is 16.0 Å². The number of aromatic nitrogens is 2.